The normalized spacial score (nSPS) is 15.1. The lowest BCUT2D eigenvalue weighted by Crippen LogP contribution is -2.64. The van der Waals surface area contributed by atoms with Crippen LogP contribution < -0.4 is 21.3 Å². The topological polar surface area (TPSA) is 328 Å². The number of carbonyl (C=O) groups excluding carboxylic acids is 14. The van der Waals surface area contributed by atoms with E-state index in [9.17, 15) is 52.7 Å². The summed E-state index contributed by atoms with van der Waals surface area (Å²) < 4.78 is 11.0. The zero-order valence-corrected chi connectivity index (χ0v) is 59.2. The highest BCUT2D eigenvalue weighted by atomic mass is 16.5. The van der Waals surface area contributed by atoms with Crippen LogP contribution in [0.3, 0.4) is 0 Å². The maximum atomic E-state index is 15.4. The Morgan fingerprint density at radius 2 is 0.879 bits per heavy atom. The maximum Gasteiger partial charge on any atom is 0.324 e. The number of likely N-dealkylation sites (N-methyl/N-ethyl adjacent to an activating group) is 8. The van der Waals surface area contributed by atoms with E-state index in [2.05, 4.69) is 21.3 Å². The Kier molecular flexibility index (Phi) is 36.1. The third-order valence-corrected chi connectivity index (χ3v) is 15.9. The lowest BCUT2D eigenvalue weighted by Gasteiger charge is -2.42. The molecule has 0 bridgehead atoms. The Morgan fingerprint density at radius 3 is 1.31 bits per heavy atom. The van der Waals surface area contributed by atoms with Crippen LogP contribution in [0.25, 0.3) is 0 Å². The molecule has 27 heteroatoms. The number of hydrogen-bond acceptors (Lipinski definition) is 16. The van der Waals surface area contributed by atoms with Gasteiger partial charge in [0.05, 0.1) is 0 Å². The quantitative estimate of drug-likeness (QED) is 0.0512. The highest BCUT2D eigenvalue weighted by Crippen LogP contribution is 2.26. The average Bonchev–Trinajstić information content (AvgIpc) is 1.23. The highest BCUT2D eigenvalue weighted by molar-refractivity contribution is 6.01. The molecule has 4 N–H and O–H groups in total. The third kappa shape index (κ3) is 25.8. The van der Waals surface area contributed by atoms with Crippen LogP contribution >= 0.6 is 0 Å². The Morgan fingerprint density at radius 1 is 0.451 bits per heavy atom. The molecule has 0 radical (unpaired) electrons. The first kappa shape index (κ1) is 83.8. The van der Waals surface area contributed by atoms with Crippen LogP contribution in [0.5, 0.6) is 0 Å². The number of esters is 2. The van der Waals surface area contributed by atoms with Crippen LogP contribution in [0.2, 0.25) is 0 Å². The second-order valence-electron chi connectivity index (χ2n) is 26.6. The standard InChI is InChI=1S/C64H113N11O16/c1-26-45(59(84)72(22)50(34-90-43(16)77)62(87)70(20)46(29-35(2)3)56(81)65-18)67-58(83)53(54(91-44(17)78)41(14)27-28-76)75(25)63(88)52(40(12)13)74(24)61(86)48(31-37(6)7)71(21)60(85)49(32-38(8)9)73(23)64(89)68-55(80)42(15)66-57(82)47(30-36(4)5)69(19)51(79)33-39(10)11/h28,35-42,45-50,52-54H,26-27,29-34H2,1-25H3,(H,65,81)(H,66,82)(H,67,83)(H,68,80,89)/t41-,42-,45+,46+,47+,48+,49+,50-,52+,53+,54-/m1/s1. The van der Waals surface area contributed by atoms with Gasteiger partial charge in [-0.3, -0.25) is 62.9 Å². The minimum absolute atomic E-state index is 0.00532. The molecule has 0 unspecified atom stereocenters. The van der Waals surface area contributed by atoms with E-state index in [0.29, 0.717) is 12.7 Å². The number of nitrogens with one attached hydrogen (secondary N) is 4. The molecule has 11 atom stereocenters. The van der Waals surface area contributed by atoms with Gasteiger partial charge in [-0.1, -0.05) is 96.9 Å². The van der Waals surface area contributed by atoms with E-state index in [0.717, 1.165) is 38.3 Å². The summed E-state index contributed by atoms with van der Waals surface area (Å²) in [7, 11) is 10.9. The predicted molar refractivity (Wildman–Crippen MR) is 342 cm³/mol. The van der Waals surface area contributed by atoms with Crippen molar-refractivity contribution >= 4 is 83.3 Å². The second kappa shape index (κ2) is 39.2. The van der Waals surface area contributed by atoms with Crippen molar-refractivity contribution in [2.45, 2.75) is 223 Å². The van der Waals surface area contributed by atoms with E-state index in [1.807, 2.05) is 69.2 Å². The first-order chi connectivity index (χ1) is 42.0. The van der Waals surface area contributed by atoms with Crippen LogP contribution in [0.15, 0.2) is 0 Å². The number of urea groups is 1. The first-order valence-electron chi connectivity index (χ1n) is 31.7. The molecule has 0 spiro atoms. The van der Waals surface area contributed by atoms with Gasteiger partial charge in [0.2, 0.25) is 59.1 Å². The van der Waals surface area contributed by atoms with Gasteiger partial charge in [0.25, 0.3) is 0 Å². The van der Waals surface area contributed by atoms with E-state index in [-0.39, 0.29) is 74.0 Å². The molecule has 0 aromatic rings. The van der Waals surface area contributed by atoms with Gasteiger partial charge in [0.1, 0.15) is 73.4 Å². The van der Waals surface area contributed by atoms with E-state index in [1.54, 1.807) is 20.8 Å². The summed E-state index contributed by atoms with van der Waals surface area (Å²) >= 11 is 0. The Balaban J connectivity index is 7.54. The van der Waals surface area contributed by atoms with E-state index < -0.39 is 150 Å². The lowest BCUT2D eigenvalue weighted by atomic mass is 9.91. The summed E-state index contributed by atoms with van der Waals surface area (Å²) in [4.78, 5) is 202. The molecule has 0 aliphatic carbocycles. The van der Waals surface area contributed by atoms with Crippen molar-refractivity contribution in [2.24, 2.45) is 41.4 Å². The summed E-state index contributed by atoms with van der Waals surface area (Å²) in [6.07, 6.45) is -0.530. The molecule has 0 fully saturated rings. The fourth-order valence-corrected chi connectivity index (χ4v) is 10.6. The molecule has 12 amide bonds. The Bertz CT molecular complexity index is 2510. The van der Waals surface area contributed by atoms with Gasteiger partial charge < -0.3 is 64.5 Å². The van der Waals surface area contributed by atoms with Gasteiger partial charge in [-0.25, -0.2) is 4.79 Å². The summed E-state index contributed by atoms with van der Waals surface area (Å²) in [5.41, 5.74) is 0. The molecule has 0 aromatic heterocycles. The van der Waals surface area contributed by atoms with Gasteiger partial charge in [-0.05, 0) is 74.5 Å². The molecule has 0 rings (SSSR count). The maximum absolute atomic E-state index is 15.4. The van der Waals surface area contributed by atoms with Gasteiger partial charge in [0, 0.05) is 89.0 Å². The Hall–Kier alpha value is -7.22. The molecule has 91 heavy (non-hydrogen) atoms. The Labute approximate surface area is 541 Å². The van der Waals surface area contributed by atoms with Gasteiger partial charge in [0.15, 0.2) is 0 Å². The minimum Gasteiger partial charge on any atom is -0.463 e. The number of hydrogen-bond donors (Lipinski definition) is 4. The highest BCUT2D eigenvalue weighted by Gasteiger charge is 2.47. The van der Waals surface area contributed by atoms with Crippen LogP contribution in [-0.4, -0.2) is 241 Å². The molecule has 0 saturated carbocycles. The molecular formula is C64H113N11O16. The molecule has 0 aliphatic rings. The number of imide groups is 1. The number of rotatable bonds is 37. The summed E-state index contributed by atoms with van der Waals surface area (Å²) in [5, 5.41) is 10.1. The summed E-state index contributed by atoms with van der Waals surface area (Å²) in [6, 6.07) is -12.8. The average molecular weight is 1290 g/mol. The van der Waals surface area contributed by atoms with Crippen molar-refractivity contribution in [3.05, 3.63) is 0 Å². The van der Waals surface area contributed by atoms with E-state index >= 15 is 14.4 Å². The summed E-state index contributed by atoms with van der Waals surface area (Å²) in [5.74, 6) is -10.9. The fourth-order valence-electron chi connectivity index (χ4n) is 10.6. The van der Waals surface area contributed by atoms with Gasteiger partial charge >= 0.3 is 18.0 Å². The number of ether oxygens (including phenoxy) is 2. The zero-order valence-electron chi connectivity index (χ0n) is 59.2. The fraction of sp³-hybridized carbons (Fsp3) is 0.781. The largest absolute Gasteiger partial charge is 0.463 e. The van der Waals surface area contributed by atoms with E-state index in [1.165, 1.54) is 80.0 Å². The van der Waals surface area contributed by atoms with Gasteiger partial charge in [-0.2, -0.15) is 0 Å². The smallest absolute Gasteiger partial charge is 0.324 e. The van der Waals surface area contributed by atoms with Crippen LogP contribution in [0.1, 0.15) is 163 Å². The van der Waals surface area contributed by atoms with Crippen molar-refractivity contribution in [3.8, 4) is 0 Å². The lowest BCUT2D eigenvalue weighted by molar-refractivity contribution is -0.164. The molecular weight excluding hydrogens is 1180 g/mol. The molecule has 0 heterocycles. The molecule has 520 valence electrons. The number of aldehydes is 1. The number of carbonyl (C=O) groups is 14. The van der Waals surface area contributed by atoms with Crippen molar-refractivity contribution in [3.63, 3.8) is 0 Å². The SMILES string of the molecule is CC[C@H](NC(=O)[C@H]([C@H](OC(C)=O)[C@H](C)CC=O)N(C)C(=O)[C@H](C(C)C)N(C)C(=O)[C@H](CC(C)C)N(C)C(=O)[C@H](CC(C)C)N(C)C(=O)NC(=O)[C@@H](C)NC(=O)[C@H](CC(C)C)N(C)C(=O)CC(C)C)C(=O)N(C)[C@H](COC(C)=O)C(=O)N(C)[C@@H](CC(C)C)C(=O)NC. The number of nitrogens with zero attached hydrogens (tertiary/aromatic N) is 7. The molecule has 0 saturated heterocycles. The summed E-state index contributed by atoms with van der Waals surface area (Å²) in [6.45, 7) is 27.8. The second-order valence-corrected chi connectivity index (χ2v) is 26.6. The van der Waals surface area contributed by atoms with Crippen molar-refractivity contribution in [2.75, 3.05) is 63.0 Å². The van der Waals surface area contributed by atoms with Crippen LogP contribution in [0.4, 0.5) is 4.79 Å². The zero-order chi connectivity index (χ0) is 71.0. The first-order valence-corrected chi connectivity index (χ1v) is 31.7. The molecule has 27 nitrogen and oxygen atoms in total. The molecule has 0 aromatic carbocycles. The van der Waals surface area contributed by atoms with Crippen molar-refractivity contribution < 1.29 is 76.6 Å². The van der Waals surface area contributed by atoms with Crippen LogP contribution in [-0.2, 0) is 71.8 Å². The van der Waals surface area contributed by atoms with Gasteiger partial charge in [-0.15, -0.1) is 0 Å². The minimum atomic E-state index is -1.80. The van der Waals surface area contributed by atoms with Crippen molar-refractivity contribution in [1.29, 1.82) is 0 Å². The molecule has 0 aliphatic heterocycles. The predicted octanol–water partition coefficient (Wildman–Crippen LogP) is 3.24. The third-order valence-electron chi connectivity index (χ3n) is 15.9. The van der Waals surface area contributed by atoms with Crippen molar-refractivity contribution in [1.82, 2.24) is 55.6 Å². The van der Waals surface area contributed by atoms with Crippen LogP contribution in [0, 0.1) is 41.4 Å². The monoisotopic (exact) mass is 1290 g/mol. The number of amides is 12. The van der Waals surface area contributed by atoms with E-state index in [4.69, 9.17) is 9.47 Å².